The largest absolute Gasteiger partial charge is 0.478 e. The van der Waals surface area contributed by atoms with Crippen molar-refractivity contribution in [1.29, 1.82) is 0 Å². The van der Waals surface area contributed by atoms with Crippen LogP contribution in [0.25, 0.3) is 10.8 Å². The highest BCUT2D eigenvalue weighted by Crippen LogP contribution is 2.26. The molecule has 0 bridgehead atoms. The number of hydrogen-bond acceptors (Lipinski definition) is 1. The van der Waals surface area contributed by atoms with Gasteiger partial charge in [-0.2, -0.15) is 0 Å². The summed E-state index contributed by atoms with van der Waals surface area (Å²) >= 11 is 0. The quantitative estimate of drug-likeness (QED) is 0.844. The van der Waals surface area contributed by atoms with Crippen molar-refractivity contribution in [3.05, 3.63) is 47.0 Å². The smallest absolute Gasteiger partial charge is 0.336 e. The third-order valence-corrected chi connectivity index (χ3v) is 3.66. The molecule has 1 N–H and O–H groups in total. The third-order valence-electron chi connectivity index (χ3n) is 3.66. The van der Waals surface area contributed by atoms with Gasteiger partial charge in [0.25, 0.3) is 0 Å². The highest BCUT2D eigenvalue weighted by Gasteiger charge is 2.15. The van der Waals surface area contributed by atoms with E-state index in [1.807, 2.05) is 12.1 Å². The van der Waals surface area contributed by atoms with E-state index in [1.165, 1.54) is 5.56 Å². The van der Waals surface area contributed by atoms with Crippen LogP contribution in [0.3, 0.4) is 0 Å². The van der Waals surface area contributed by atoms with Crippen LogP contribution in [0.15, 0.2) is 30.3 Å². The van der Waals surface area contributed by atoms with Crippen LogP contribution in [0, 0.1) is 11.8 Å². The molecular weight excluding hydrogens is 260 g/mol. The topological polar surface area (TPSA) is 37.3 Å². The average molecular weight is 284 g/mol. The maximum Gasteiger partial charge on any atom is 0.336 e. The molecule has 0 aliphatic rings. The molecular formula is C19H24O2. The first-order valence-corrected chi connectivity index (χ1v) is 7.66. The molecule has 2 heteroatoms. The molecule has 0 saturated carbocycles. The summed E-state index contributed by atoms with van der Waals surface area (Å²) in [6, 6.07) is 10.2. The summed E-state index contributed by atoms with van der Waals surface area (Å²) in [6.45, 7) is 8.61. The molecule has 0 spiro atoms. The van der Waals surface area contributed by atoms with Crippen molar-refractivity contribution < 1.29 is 9.90 Å². The second kappa shape index (κ2) is 6.30. The fraction of sp³-hybridized carbons (Fsp3) is 0.421. The zero-order valence-corrected chi connectivity index (χ0v) is 13.3. The van der Waals surface area contributed by atoms with E-state index in [0.717, 1.165) is 29.2 Å². The molecule has 21 heavy (non-hydrogen) atoms. The molecule has 2 aromatic carbocycles. The first-order chi connectivity index (χ1) is 9.88. The predicted molar refractivity (Wildman–Crippen MR) is 88.0 cm³/mol. The number of aromatic carboxylic acids is 1. The van der Waals surface area contributed by atoms with Crippen molar-refractivity contribution in [2.24, 2.45) is 11.8 Å². The van der Waals surface area contributed by atoms with Gasteiger partial charge in [-0.25, -0.2) is 4.79 Å². The van der Waals surface area contributed by atoms with Gasteiger partial charge < -0.3 is 5.11 Å². The molecule has 2 nitrogen and oxygen atoms in total. The van der Waals surface area contributed by atoms with E-state index >= 15 is 0 Å². The van der Waals surface area contributed by atoms with E-state index in [1.54, 1.807) is 0 Å². The second-order valence-electron chi connectivity index (χ2n) is 6.66. The molecule has 2 rings (SSSR count). The molecule has 2 aromatic rings. The highest BCUT2D eigenvalue weighted by molar-refractivity contribution is 6.05. The molecule has 0 aliphatic carbocycles. The molecule has 0 atom stereocenters. The Morgan fingerprint density at radius 1 is 1.00 bits per heavy atom. The molecule has 0 fully saturated rings. The van der Waals surface area contributed by atoms with Gasteiger partial charge in [-0.3, -0.25) is 0 Å². The van der Waals surface area contributed by atoms with Crippen molar-refractivity contribution in [2.75, 3.05) is 0 Å². The molecule has 0 amide bonds. The van der Waals surface area contributed by atoms with Crippen LogP contribution in [-0.2, 0) is 12.8 Å². The highest BCUT2D eigenvalue weighted by atomic mass is 16.4. The van der Waals surface area contributed by atoms with E-state index in [4.69, 9.17) is 0 Å². The lowest BCUT2D eigenvalue weighted by atomic mass is 9.91. The normalized spacial score (nSPS) is 11.5. The van der Waals surface area contributed by atoms with Gasteiger partial charge in [0.15, 0.2) is 0 Å². The summed E-state index contributed by atoms with van der Waals surface area (Å²) < 4.78 is 0. The summed E-state index contributed by atoms with van der Waals surface area (Å²) in [5, 5.41) is 11.5. The van der Waals surface area contributed by atoms with Crippen LogP contribution in [0.4, 0.5) is 0 Å². The number of rotatable bonds is 5. The molecule has 0 heterocycles. The number of carbonyl (C=O) groups is 1. The molecule has 0 saturated heterocycles. The second-order valence-corrected chi connectivity index (χ2v) is 6.66. The van der Waals surface area contributed by atoms with Crippen LogP contribution in [0.1, 0.15) is 49.2 Å². The number of fused-ring (bicyclic) bond motifs is 1. The van der Waals surface area contributed by atoms with E-state index in [-0.39, 0.29) is 0 Å². The Kier molecular flexibility index (Phi) is 4.66. The van der Waals surface area contributed by atoms with Crippen LogP contribution in [0.2, 0.25) is 0 Å². The predicted octanol–water partition coefficient (Wildman–Crippen LogP) is 4.94. The fourth-order valence-corrected chi connectivity index (χ4v) is 2.89. The summed E-state index contributed by atoms with van der Waals surface area (Å²) in [5.41, 5.74) is 2.67. The SMILES string of the molecule is CC(C)Cc1ccc2c(C(=O)O)c(CC(C)C)ccc2c1. The van der Waals surface area contributed by atoms with Gasteiger partial charge in [0.2, 0.25) is 0 Å². The minimum absolute atomic E-state index is 0.445. The van der Waals surface area contributed by atoms with Gasteiger partial charge in [0, 0.05) is 0 Å². The zero-order valence-electron chi connectivity index (χ0n) is 13.3. The van der Waals surface area contributed by atoms with Gasteiger partial charge in [0.05, 0.1) is 5.56 Å². The van der Waals surface area contributed by atoms with Crippen molar-refractivity contribution in [1.82, 2.24) is 0 Å². The molecule has 0 unspecified atom stereocenters. The molecule has 112 valence electrons. The zero-order chi connectivity index (χ0) is 15.6. The lowest BCUT2D eigenvalue weighted by Crippen LogP contribution is -2.06. The number of hydrogen-bond donors (Lipinski definition) is 1. The van der Waals surface area contributed by atoms with Gasteiger partial charge in [0.1, 0.15) is 0 Å². The maximum absolute atomic E-state index is 11.7. The van der Waals surface area contributed by atoms with Gasteiger partial charge in [-0.15, -0.1) is 0 Å². The van der Waals surface area contributed by atoms with Crippen molar-refractivity contribution >= 4 is 16.7 Å². The van der Waals surface area contributed by atoms with Crippen molar-refractivity contribution in [2.45, 2.75) is 40.5 Å². The van der Waals surface area contributed by atoms with Crippen molar-refractivity contribution in [3.8, 4) is 0 Å². The fourth-order valence-electron chi connectivity index (χ4n) is 2.89. The van der Waals surface area contributed by atoms with Crippen LogP contribution >= 0.6 is 0 Å². The molecule has 0 aliphatic heterocycles. The minimum Gasteiger partial charge on any atom is -0.478 e. The van der Waals surface area contributed by atoms with E-state index in [2.05, 4.69) is 45.9 Å². The monoisotopic (exact) mass is 284 g/mol. The summed E-state index contributed by atoms with van der Waals surface area (Å²) in [7, 11) is 0. The Morgan fingerprint density at radius 2 is 1.67 bits per heavy atom. The van der Waals surface area contributed by atoms with E-state index in [9.17, 15) is 9.90 Å². The van der Waals surface area contributed by atoms with Crippen LogP contribution in [-0.4, -0.2) is 11.1 Å². The standard InChI is InChI=1S/C19H24O2/c1-12(2)9-14-5-8-17-15(11-14)6-7-16(10-13(3)4)18(17)19(20)21/h5-8,11-13H,9-10H2,1-4H3,(H,20,21). The first-order valence-electron chi connectivity index (χ1n) is 7.66. The number of carboxylic acids is 1. The Bertz CT molecular complexity index is 654. The van der Waals surface area contributed by atoms with Gasteiger partial charge in [-0.05, 0) is 46.6 Å². The summed E-state index contributed by atoms with van der Waals surface area (Å²) in [6.07, 6.45) is 1.82. The average Bonchev–Trinajstić information content (AvgIpc) is 2.36. The lowest BCUT2D eigenvalue weighted by molar-refractivity contribution is 0.0697. The van der Waals surface area contributed by atoms with Gasteiger partial charge in [-0.1, -0.05) is 58.0 Å². The van der Waals surface area contributed by atoms with Crippen molar-refractivity contribution in [3.63, 3.8) is 0 Å². The Morgan fingerprint density at radius 3 is 2.24 bits per heavy atom. The first kappa shape index (κ1) is 15.6. The summed E-state index contributed by atoms with van der Waals surface area (Å²) in [5.74, 6) is 0.218. The van der Waals surface area contributed by atoms with E-state index < -0.39 is 5.97 Å². The lowest BCUT2D eigenvalue weighted by Gasteiger charge is -2.13. The Balaban J connectivity index is 2.56. The number of carboxylic acid groups (broad SMARTS) is 1. The van der Waals surface area contributed by atoms with Gasteiger partial charge >= 0.3 is 5.97 Å². The van der Waals surface area contributed by atoms with Crippen LogP contribution < -0.4 is 0 Å². The molecule has 0 radical (unpaired) electrons. The van der Waals surface area contributed by atoms with E-state index in [0.29, 0.717) is 17.4 Å². The summed E-state index contributed by atoms with van der Waals surface area (Å²) in [4.78, 5) is 11.7. The number of benzene rings is 2. The minimum atomic E-state index is -0.826. The third kappa shape index (κ3) is 3.63. The van der Waals surface area contributed by atoms with Crippen LogP contribution in [0.5, 0.6) is 0 Å². The Labute approximate surface area is 126 Å². The molecule has 0 aromatic heterocycles. The maximum atomic E-state index is 11.7. The Hall–Kier alpha value is -1.83.